The van der Waals surface area contributed by atoms with Gasteiger partial charge < -0.3 is 5.11 Å². The Morgan fingerprint density at radius 2 is 2.10 bits per heavy atom. The van der Waals surface area contributed by atoms with Gasteiger partial charge in [-0.3, -0.25) is 0 Å². The highest BCUT2D eigenvalue weighted by molar-refractivity contribution is 5.73. The van der Waals surface area contributed by atoms with E-state index in [4.69, 9.17) is 0 Å². The van der Waals surface area contributed by atoms with E-state index in [0.29, 0.717) is 12.2 Å². The number of unbranched alkanes of at least 4 members (excludes halogenated alkanes) is 1. The first-order valence-corrected chi connectivity index (χ1v) is 7.13. The van der Waals surface area contributed by atoms with Gasteiger partial charge in [-0.05, 0) is 47.9 Å². The second kappa shape index (κ2) is 6.47. The highest BCUT2D eigenvalue weighted by Gasteiger charge is 2.24. The van der Waals surface area contributed by atoms with Crippen molar-refractivity contribution in [3.63, 3.8) is 0 Å². The number of carbonyl (C=O) groups is 1. The molecule has 0 radical (unpaired) electrons. The number of aryl methyl sites for hydroxylation is 2. The molecule has 6 heteroatoms. The molecule has 0 amide bonds. The predicted octanol–water partition coefficient (Wildman–Crippen LogP) is 2.77. The van der Waals surface area contributed by atoms with Crippen molar-refractivity contribution in [2.24, 2.45) is 0 Å². The molecule has 6 nitrogen and oxygen atoms in total. The Kier molecular flexibility index (Phi) is 4.67. The molecule has 1 aromatic heterocycles. The molecule has 0 spiro atoms. The summed E-state index contributed by atoms with van der Waals surface area (Å²) in [6.07, 6.45) is 2.28. The van der Waals surface area contributed by atoms with Crippen LogP contribution in [0.15, 0.2) is 18.2 Å². The zero-order chi connectivity index (χ0) is 15.4. The summed E-state index contributed by atoms with van der Waals surface area (Å²) in [5, 5.41) is 21.0. The minimum Gasteiger partial charge on any atom is -0.480 e. The van der Waals surface area contributed by atoms with E-state index in [0.717, 1.165) is 24.0 Å². The van der Waals surface area contributed by atoms with Crippen molar-refractivity contribution in [3.8, 4) is 11.4 Å². The predicted molar refractivity (Wildman–Crippen MR) is 78.9 cm³/mol. The smallest absolute Gasteiger partial charge is 0.328 e. The summed E-state index contributed by atoms with van der Waals surface area (Å²) in [6, 6.07) is 5.17. The molecule has 1 aromatic carbocycles. The van der Waals surface area contributed by atoms with E-state index < -0.39 is 12.0 Å². The van der Waals surface area contributed by atoms with E-state index in [-0.39, 0.29) is 0 Å². The van der Waals surface area contributed by atoms with Crippen molar-refractivity contribution in [1.82, 2.24) is 20.2 Å². The lowest BCUT2D eigenvalue weighted by Gasteiger charge is -2.14. The van der Waals surface area contributed by atoms with Crippen LogP contribution in [0.1, 0.15) is 43.4 Å². The third kappa shape index (κ3) is 3.26. The number of benzene rings is 1. The molecule has 2 rings (SSSR count). The van der Waals surface area contributed by atoms with Gasteiger partial charge in [-0.2, -0.15) is 0 Å². The second-order valence-electron chi connectivity index (χ2n) is 5.24. The lowest BCUT2D eigenvalue weighted by molar-refractivity contribution is -0.141. The van der Waals surface area contributed by atoms with Crippen molar-refractivity contribution in [1.29, 1.82) is 0 Å². The van der Waals surface area contributed by atoms with Crippen LogP contribution in [0.4, 0.5) is 0 Å². The second-order valence-corrected chi connectivity index (χ2v) is 5.24. The third-order valence-corrected chi connectivity index (χ3v) is 3.67. The zero-order valence-corrected chi connectivity index (χ0v) is 12.6. The number of hydrogen-bond acceptors (Lipinski definition) is 4. The Labute approximate surface area is 123 Å². The molecule has 1 atom stereocenters. The number of tetrazole rings is 1. The standard InChI is InChI=1S/C15H20N4O2/c1-4-5-6-13(15(20)21)19-14(16-17-18-19)12-8-7-10(2)11(3)9-12/h7-9,13H,4-6H2,1-3H3,(H,20,21). The van der Waals surface area contributed by atoms with Gasteiger partial charge in [-0.1, -0.05) is 31.9 Å². The van der Waals surface area contributed by atoms with Crippen molar-refractivity contribution in [2.75, 3.05) is 0 Å². The molecule has 0 aliphatic rings. The van der Waals surface area contributed by atoms with E-state index in [1.165, 1.54) is 10.2 Å². The van der Waals surface area contributed by atoms with Gasteiger partial charge in [0.15, 0.2) is 11.9 Å². The lowest BCUT2D eigenvalue weighted by Crippen LogP contribution is -2.21. The van der Waals surface area contributed by atoms with Crippen LogP contribution in [0.3, 0.4) is 0 Å². The molecule has 0 aliphatic heterocycles. The highest BCUT2D eigenvalue weighted by Crippen LogP contribution is 2.24. The molecular formula is C15H20N4O2. The number of hydrogen-bond donors (Lipinski definition) is 1. The molecule has 0 saturated carbocycles. The quantitative estimate of drug-likeness (QED) is 0.884. The molecule has 1 heterocycles. The van der Waals surface area contributed by atoms with Crippen LogP contribution in [-0.4, -0.2) is 31.3 Å². The van der Waals surface area contributed by atoms with E-state index in [1.54, 1.807) is 0 Å². The summed E-state index contributed by atoms with van der Waals surface area (Å²) >= 11 is 0. The maximum Gasteiger partial charge on any atom is 0.328 e. The van der Waals surface area contributed by atoms with Crippen LogP contribution >= 0.6 is 0 Å². The van der Waals surface area contributed by atoms with Crippen LogP contribution in [0, 0.1) is 13.8 Å². The number of carboxylic acid groups (broad SMARTS) is 1. The normalized spacial score (nSPS) is 12.3. The van der Waals surface area contributed by atoms with Crippen molar-refractivity contribution < 1.29 is 9.90 Å². The van der Waals surface area contributed by atoms with E-state index >= 15 is 0 Å². The van der Waals surface area contributed by atoms with Gasteiger partial charge in [-0.15, -0.1) is 5.10 Å². The molecular weight excluding hydrogens is 268 g/mol. The summed E-state index contributed by atoms with van der Waals surface area (Å²) in [5.41, 5.74) is 3.15. The fourth-order valence-electron chi connectivity index (χ4n) is 2.22. The number of aliphatic carboxylic acids is 1. The molecule has 1 N–H and O–H groups in total. The SMILES string of the molecule is CCCCC(C(=O)O)n1nnnc1-c1ccc(C)c(C)c1. The lowest BCUT2D eigenvalue weighted by atomic mass is 10.1. The number of rotatable bonds is 6. The number of nitrogens with zero attached hydrogens (tertiary/aromatic N) is 4. The summed E-state index contributed by atoms with van der Waals surface area (Å²) < 4.78 is 1.42. The molecule has 21 heavy (non-hydrogen) atoms. The molecule has 0 saturated heterocycles. The van der Waals surface area contributed by atoms with Crippen LogP contribution in [-0.2, 0) is 4.79 Å². The van der Waals surface area contributed by atoms with Gasteiger partial charge in [0, 0.05) is 5.56 Å². The van der Waals surface area contributed by atoms with Crippen molar-refractivity contribution >= 4 is 5.97 Å². The van der Waals surface area contributed by atoms with E-state index in [1.807, 2.05) is 39.0 Å². The first-order valence-electron chi connectivity index (χ1n) is 7.13. The summed E-state index contributed by atoms with van der Waals surface area (Å²) in [4.78, 5) is 11.5. The Morgan fingerprint density at radius 1 is 1.33 bits per heavy atom. The maximum atomic E-state index is 11.5. The molecule has 0 bridgehead atoms. The molecule has 2 aromatic rings. The van der Waals surface area contributed by atoms with Gasteiger partial charge in [0.1, 0.15) is 0 Å². The molecule has 1 unspecified atom stereocenters. The minimum atomic E-state index is -0.902. The Morgan fingerprint density at radius 3 is 2.71 bits per heavy atom. The van der Waals surface area contributed by atoms with Gasteiger partial charge >= 0.3 is 5.97 Å². The third-order valence-electron chi connectivity index (χ3n) is 3.67. The van der Waals surface area contributed by atoms with Crippen molar-refractivity contribution in [2.45, 2.75) is 46.1 Å². The van der Waals surface area contributed by atoms with Crippen molar-refractivity contribution in [3.05, 3.63) is 29.3 Å². The fraction of sp³-hybridized carbons (Fsp3) is 0.467. The minimum absolute atomic E-state index is 0.501. The summed E-state index contributed by atoms with van der Waals surface area (Å²) in [7, 11) is 0. The van der Waals surface area contributed by atoms with Gasteiger partial charge in [-0.25, -0.2) is 9.48 Å². The van der Waals surface area contributed by atoms with E-state index in [2.05, 4.69) is 15.5 Å². The topological polar surface area (TPSA) is 80.9 Å². The van der Waals surface area contributed by atoms with Gasteiger partial charge in [0.25, 0.3) is 0 Å². The number of carboxylic acids is 1. The van der Waals surface area contributed by atoms with Crippen LogP contribution in [0.25, 0.3) is 11.4 Å². The monoisotopic (exact) mass is 288 g/mol. The van der Waals surface area contributed by atoms with Gasteiger partial charge in [0.2, 0.25) is 0 Å². The molecule has 112 valence electrons. The van der Waals surface area contributed by atoms with Crippen LogP contribution < -0.4 is 0 Å². The first kappa shape index (κ1) is 15.2. The van der Waals surface area contributed by atoms with Crippen LogP contribution in [0.2, 0.25) is 0 Å². The maximum absolute atomic E-state index is 11.5. The number of aromatic nitrogens is 4. The average Bonchev–Trinajstić information content (AvgIpc) is 2.91. The molecule has 0 fully saturated rings. The van der Waals surface area contributed by atoms with Gasteiger partial charge in [0.05, 0.1) is 0 Å². The first-order chi connectivity index (χ1) is 10.0. The summed E-state index contributed by atoms with van der Waals surface area (Å²) in [5.74, 6) is -0.401. The molecule has 0 aliphatic carbocycles. The Hall–Kier alpha value is -2.24. The largest absolute Gasteiger partial charge is 0.480 e. The average molecular weight is 288 g/mol. The highest BCUT2D eigenvalue weighted by atomic mass is 16.4. The summed E-state index contributed by atoms with van der Waals surface area (Å²) in [6.45, 7) is 6.07. The fourth-order valence-corrected chi connectivity index (χ4v) is 2.22. The Bertz CT molecular complexity index is 636. The van der Waals surface area contributed by atoms with E-state index in [9.17, 15) is 9.90 Å². The zero-order valence-electron chi connectivity index (χ0n) is 12.6. The van der Waals surface area contributed by atoms with Crippen LogP contribution in [0.5, 0.6) is 0 Å². The Balaban J connectivity index is 2.40.